The van der Waals surface area contributed by atoms with E-state index >= 15 is 0 Å². The van der Waals surface area contributed by atoms with E-state index in [0.29, 0.717) is 19.6 Å². The molecule has 3 aromatic carbocycles. The highest BCUT2D eigenvalue weighted by Crippen LogP contribution is 2.44. The number of alkyl carbamates (subject to hydrolysis) is 1. The summed E-state index contributed by atoms with van der Waals surface area (Å²) in [4.78, 5) is 24.2. The second-order valence-corrected chi connectivity index (χ2v) is 8.58. The molecule has 168 valence electrons. The smallest absolute Gasteiger partial charge is 0.407 e. The number of benzene rings is 3. The van der Waals surface area contributed by atoms with Crippen molar-refractivity contribution in [2.75, 3.05) is 13.2 Å². The molecule has 4 nitrogen and oxygen atoms in total. The molecule has 0 unspecified atom stereocenters. The molecule has 0 saturated carbocycles. The molecule has 1 N–H and O–H groups in total. The molecular formula is C29H29NO3. The van der Waals surface area contributed by atoms with Crippen LogP contribution < -0.4 is 5.32 Å². The summed E-state index contributed by atoms with van der Waals surface area (Å²) >= 11 is 0. The van der Waals surface area contributed by atoms with Gasteiger partial charge in [-0.2, -0.15) is 0 Å². The van der Waals surface area contributed by atoms with E-state index in [-0.39, 0.29) is 17.6 Å². The lowest BCUT2D eigenvalue weighted by molar-refractivity contribution is 0.0939. The number of hydrogen-bond donors (Lipinski definition) is 1. The number of Topliss-reactive ketones (excluding diaryl/α,β-unsaturated/α-hetero) is 1. The molecule has 0 aliphatic heterocycles. The van der Waals surface area contributed by atoms with Crippen LogP contribution in [0.1, 0.15) is 53.2 Å². The molecule has 1 amide bonds. The van der Waals surface area contributed by atoms with Crippen molar-refractivity contribution in [2.24, 2.45) is 5.92 Å². The Hall–Kier alpha value is -3.66. The number of carbonyl (C=O) groups is 2. The van der Waals surface area contributed by atoms with Crippen molar-refractivity contribution in [1.82, 2.24) is 5.32 Å². The molecule has 0 atom stereocenters. The van der Waals surface area contributed by atoms with E-state index in [4.69, 9.17) is 4.74 Å². The van der Waals surface area contributed by atoms with Gasteiger partial charge in [0.15, 0.2) is 5.78 Å². The normalized spacial score (nSPS) is 12.6. The number of nitrogens with one attached hydrogen (secondary N) is 1. The first-order chi connectivity index (χ1) is 16.0. The molecule has 0 spiro atoms. The van der Waals surface area contributed by atoms with Gasteiger partial charge in [0.1, 0.15) is 6.61 Å². The summed E-state index contributed by atoms with van der Waals surface area (Å²) in [6, 6.07) is 24.2. The van der Waals surface area contributed by atoms with Crippen LogP contribution in [0.3, 0.4) is 0 Å². The second-order valence-electron chi connectivity index (χ2n) is 8.58. The fourth-order valence-electron chi connectivity index (χ4n) is 4.22. The third-order valence-electron chi connectivity index (χ3n) is 5.95. The van der Waals surface area contributed by atoms with Crippen LogP contribution in [0.15, 0.2) is 78.9 Å². The number of amides is 1. The predicted molar refractivity (Wildman–Crippen MR) is 132 cm³/mol. The number of ketones is 1. The fraction of sp³-hybridized carbons (Fsp3) is 0.241. The van der Waals surface area contributed by atoms with Crippen LogP contribution in [0.25, 0.3) is 17.2 Å². The highest BCUT2D eigenvalue weighted by Gasteiger charge is 2.28. The van der Waals surface area contributed by atoms with Crippen molar-refractivity contribution in [3.05, 3.63) is 101 Å². The Balaban J connectivity index is 1.23. The Labute approximate surface area is 195 Å². The van der Waals surface area contributed by atoms with Crippen molar-refractivity contribution >= 4 is 18.0 Å². The molecule has 0 radical (unpaired) electrons. The molecule has 1 aliphatic carbocycles. The minimum Gasteiger partial charge on any atom is -0.449 e. The van der Waals surface area contributed by atoms with Crippen LogP contribution >= 0.6 is 0 Å². The largest absolute Gasteiger partial charge is 0.449 e. The van der Waals surface area contributed by atoms with E-state index in [1.807, 2.05) is 74.5 Å². The molecule has 0 aromatic heterocycles. The molecule has 33 heavy (non-hydrogen) atoms. The molecule has 4 heteroatoms. The van der Waals surface area contributed by atoms with Crippen LogP contribution in [-0.2, 0) is 4.74 Å². The molecule has 3 aromatic rings. The van der Waals surface area contributed by atoms with Gasteiger partial charge in [-0.15, -0.1) is 0 Å². The van der Waals surface area contributed by atoms with Gasteiger partial charge in [0.25, 0.3) is 0 Å². The minimum atomic E-state index is -0.401. The van der Waals surface area contributed by atoms with Gasteiger partial charge in [0.2, 0.25) is 0 Å². The maximum Gasteiger partial charge on any atom is 0.407 e. The van der Waals surface area contributed by atoms with Gasteiger partial charge >= 0.3 is 6.09 Å². The maximum atomic E-state index is 12.2. The Kier molecular flexibility index (Phi) is 7.04. The van der Waals surface area contributed by atoms with Gasteiger partial charge in [-0.25, -0.2) is 4.79 Å². The van der Waals surface area contributed by atoms with Gasteiger partial charge in [-0.3, -0.25) is 4.79 Å². The molecule has 0 saturated heterocycles. The van der Waals surface area contributed by atoms with Crippen LogP contribution in [0.4, 0.5) is 4.79 Å². The maximum absolute atomic E-state index is 12.2. The van der Waals surface area contributed by atoms with Gasteiger partial charge < -0.3 is 10.1 Å². The van der Waals surface area contributed by atoms with Crippen molar-refractivity contribution < 1.29 is 14.3 Å². The molecule has 0 fully saturated rings. The summed E-state index contributed by atoms with van der Waals surface area (Å²) in [5.74, 6) is 0.210. The SMILES string of the molecule is CC(C)C(=O)c1ccc(C=CCCNC(=O)OCC2c3ccccc3-c3ccccc32)cc1. The summed E-state index contributed by atoms with van der Waals surface area (Å²) in [5.41, 5.74) is 6.60. The van der Waals surface area contributed by atoms with E-state index < -0.39 is 6.09 Å². The summed E-state index contributed by atoms with van der Waals surface area (Å²) in [5, 5.41) is 2.82. The quantitative estimate of drug-likeness (QED) is 0.323. The molecular weight excluding hydrogens is 410 g/mol. The van der Waals surface area contributed by atoms with E-state index in [2.05, 4.69) is 29.6 Å². The lowest BCUT2D eigenvalue weighted by atomic mass is 9.98. The summed E-state index contributed by atoms with van der Waals surface area (Å²) in [6.45, 7) is 4.62. The number of fused-ring (bicyclic) bond motifs is 3. The van der Waals surface area contributed by atoms with Crippen molar-refractivity contribution in [3.63, 3.8) is 0 Å². The van der Waals surface area contributed by atoms with Crippen molar-refractivity contribution in [3.8, 4) is 11.1 Å². The molecule has 4 rings (SSSR count). The molecule has 1 aliphatic rings. The van der Waals surface area contributed by atoms with E-state index in [0.717, 1.165) is 11.1 Å². The lowest BCUT2D eigenvalue weighted by Crippen LogP contribution is -2.26. The van der Waals surface area contributed by atoms with Crippen LogP contribution in [0.5, 0.6) is 0 Å². The summed E-state index contributed by atoms with van der Waals surface area (Å²) in [7, 11) is 0. The third kappa shape index (κ3) is 5.23. The second kappa shape index (κ2) is 10.3. The summed E-state index contributed by atoms with van der Waals surface area (Å²) in [6.07, 6.45) is 4.28. The van der Waals surface area contributed by atoms with Crippen LogP contribution in [0, 0.1) is 5.92 Å². The third-order valence-corrected chi connectivity index (χ3v) is 5.95. The molecule has 0 bridgehead atoms. The van der Waals surface area contributed by atoms with E-state index in [1.54, 1.807) is 0 Å². The summed E-state index contributed by atoms with van der Waals surface area (Å²) < 4.78 is 5.55. The van der Waals surface area contributed by atoms with Crippen molar-refractivity contribution in [1.29, 1.82) is 0 Å². The topological polar surface area (TPSA) is 55.4 Å². The van der Waals surface area contributed by atoms with E-state index in [9.17, 15) is 9.59 Å². The zero-order valence-corrected chi connectivity index (χ0v) is 19.1. The average molecular weight is 440 g/mol. The van der Waals surface area contributed by atoms with Crippen LogP contribution in [-0.4, -0.2) is 25.0 Å². The molecule has 0 heterocycles. The van der Waals surface area contributed by atoms with E-state index in [1.165, 1.54) is 22.3 Å². The van der Waals surface area contributed by atoms with Gasteiger partial charge in [0, 0.05) is 23.9 Å². The first-order valence-electron chi connectivity index (χ1n) is 11.4. The first-order valence-corrected chi connectivity index (χ1v) is 11.4. The number of rotatable bonds is 8. The fourth-order valence-corrected chi connectivity index (χ4v) is 4.22. The standard InChI is InChI=1S/C29H29NO3/c1-20(2)28(31)22-16-14-21(15-17-22)9-7-8-18-30-29(32)33-19-27-25-12-5-3-10-23(25)24-11-4-6-13-26(24)27/h3-7,9-17,20,27H,8,18-19H2,1-2H3,(H,30,32). The van der Waals surface area contributed by atoms with Crippen molar-refractivity contribution in [2.45, 2.75) is 26.2 Å². The predicted octanol–water partition coefficient (Wildman–Crippen LogP) is 6.47. The average Bonchev–Trinajstić information content (AvgIpc) is 3.16. The Morgan fingerprint density at radius 3 is 2.12 bits per heavy atom. The lowest BCUT2D eigenvalue weighted by Gasteiger charge is -2.14. The van der Waals surface area contributed by atoms with Gasteiger partial charge in [0.05, 0.1) is 0 Å². The Morgan fingerprint density at radius 1 is 0.909 bits per heavy atom. The first kappa shape index (κ1) is 22.5. The highest BCUT2D eigenvalue weighted by molar-refractivity contribution is 5.97. The highest BCUT2D eigenvalue weighted by atomic mass is 16.5. The zero-order chi connectivity index (χ0) is 23.2. The monoisotopic (exact) mass is 439 g/mol. The zero-order valence-electron chi connectivity index (χ0n) is 19.1. The number of carbonyl (C=O) groups excluding carboxylic acids is 2. The Bertz CT molecular complexity index is 1120. The number of hydrogen-bond acceptors (Lipinski definition) is 3. The van der Waals surface area contributed by atoms with Crippen LogP contribution in [0.2, 0.25) is 0 Å². The van der Waals surface area contributed by atoms with Gasteiger partial charge in [-0.1, -0.05) is 98.8 Å². The number of ether oxygens (including phenoxy) is 1. The minimum absolute atomic E-state index is 0.00428. The Morgan fingerprint density at radius 2 is 1.52 bits per heavy atom. The van der Waals surface area contributed by atoms with Gasteiger partial charge in [-0.05, 0) is 34.2 Å².